The zero-order chi connectivity index (χ0) is 33.5. The Balaban J connectivity index is 1.89. The highest BCUT2D eigenvalue weighted by atomic mass is 16.6. The van der Waals surface area contributed by atoms with Gasteiger partial charge in [-0.2, -0.15) is 0 Å². The average Bonchev–Trinajstić information content (AvgIpc) is 3.42. The Morgan fingerprint density at radius 1 is 1.02 bits per heavy atom. The van der Waals surface area contributed by atoms with Crippen LogP contribution in [0.2, 0.25) is 0 Å². The summed E-state index contributed by atoms with van der Waals surface area (Å²) in [4.78, 5) is 44.0. The molecule has 3 atom stereocenters. The number of unbranched alkanes of at least 4 members (excludes halogenated alkanes) is 3. The second-order valence-corrected chi connectivity index (χ2v) is 11.8. The number of aromatic amines is 1. The average molecular weight is 636 g/mol. The first-order valence-corrected chi connectivity index (χ1v) is 16.0. The predicted octanol–water partition coefficient (Wildman–Crippen LogP) is 2.72. The maximum Gasteiger partial charge on any atom is 0.260 e. The van der Waals surface area contributed by atoms with Crippen LogP contribution in [0.5, 0.6) is 0 Å². The normalized spacial score (nSPS) is 13.2. The van der Waals surface area contributed by atoms with E-state index in [0.29, 0.717) is 13.0 Å². The number of guanidine groups is 1. The molecule has 250 valence electrons. The van der Waals surface area contributed by atoms with Crippen molar-refractivity contribution in [2.45, 2.75) is 76.4 Å². The van der Waals surface area contributed by atoms with Crippen LogP contribution in [0.4, 0.5) is 0 Å². The number of nitrogens with one attached hydrogen (secondary N) is 2. The minimum atomic E-state index is -1.23. The first kappa shape index (κ1) is 36.0. The number of nitro groups is 1. The molecule has 2 amide bonds. The number of benzene rings is 2. The van der Waals surface area contributed by atoms with Crippen molar-refractivity contribution in [3.05, 3.63) is 82.0 Å². The van der Waals surface area contributed by atoms with E-state index in [4.69, 9.17) is 17.2 Å². The zero-order valence-electron chi connectivity index (χ0n) is 26.9. The number of H-pyrrole nitrogens is 1. The summed E-state index contributed by atoms with van der Waals surface area (Å²) in [7, 11) is 2.02. The monoisotopic (exact) mass is 635 g/mol. The molecular formula is C33H49N9O4. The number of amides is 2. The number of likely N-dealkylation sites (N-methyl/N-ethyl adjacent to an activating group) is 1. The lowest BCUT2D eigenvalue weighted by Crippen LogP contribution is -2.56. The molecule has 3 unspecified atom stereocenters. The highest BCUT2D eigenvalue weighted by molar-refractivity contribution is 5.91. The van der Waals surface area contributed by atoms with Crippen molar-refractivity contribution in [1.82, 2.24) is 20.2 Å². The van der Waals surface area contributed by atoms with Gasteiger partial charge in [-0.15, -0.1) is 5.10 Å². The van der Waals surface area contributed by atoms with Crippen LogP contribution in [0, 0.1) is 10.1 Å². The maximum atomic E-state index is 14.1. The van der Waals surface area contributed by atoms with Crippen LogP contribution in [0.3, 0.4) is 0 Å². The van der Waals surface area contributed by atoms with Crippen LogP contribution >= 0.6 is 0 Å². The molecule has 13 heteroatoms. The fourth-order valence-corrected chi connectivity index (χ4v) is 5.60. The molecule has 1 heterocycles. The number of para-hydroxylation sites is 1. The van der Waals surface area contributed by atoms with Gasteiger partial charge in [0.2, 0.25) is 18.4 Å². The van der Waals surface area contributed by atoms with Crippen LogP contribution in [-0.4, -0.2) is 82.4 Å². The highest BCUT2D eigenvalue weighted by Crippen LogP contribution is 2.20. The topological polar surface area (TPSA) is 202 Å². The molecule has 0 aliphatic rings. The summed E-state index contributed by atoms with van der Waals surface area (Å²) in [6, 6.07) is 14.5. The van der Waals surface area contributed by atoms with Gasteiger partial charge in [-0.1, -0.05) is 74.7 Å². The molecule has 8 N–H and O–H groups in total. The molecule has 0 saturated carbocycles. The molecule has 1 aromatic heterocycles. The molecule has 0 radical (unpaired) electrons. The van der Waals surface area contributed by atoms with E-state index in [-0.39, 0.29) is 31.8 Å². The van der Waals surface area contributed by atoms with Gasteiger partial charge in [0.1, 0.15) is 6.04 Å². The van der Waals surface area contributed by atoms with Crippen molar-refractivity contribution < 1.29 is 14.5 Å². The maximum absolute atomic E-state index is 14.1. The number of carbonyl (C=O) groups excluding carboxylic acids is 2. The van der Waals surface area contributed by atoms with Gasteiger partial charge in [0.05, 0.1) is 6.04 Å². The van der Waals surface area contributed by atoms with Crippen molar-refractivity contribution in [1.29, 1.82) is 0 Å². The van der Waals surface area contributed by atoms with Crippen molar-refractivity contribution in [2.75, 3.05) is 26.7 Å². The van der Waals surface area contributed by atoms with Gasteiger partial charge in [-0.25, -0.2) is 5.01 Å². The Hall–Kier alpha value is -4.49. The fourth-order valence-electron chi connectivity index (χ4n) is 5.60. The summed E-state index contributed by atoms with van der Waals surface area (Å²) in [6.45, 7) is 3.19. The van der Waals surface area contributed by atoms with E-state index < -0.39 is 34.8 Å². The summed E-state index contributed by atoms with van der Waals surface area (Å²) in [5, 5.41) is 20.3. The second kappa shape index (κ2) is 18.5. The molecule has 13 nitrogen and oxygen atoms in total. The minimum absolute atomic E-state index is 0.0211. The van der Waals surface area contributed by atoms with E-state index in [1.807, 2.05) is 67.8 Å². The molecule has 2 aromatic carbocycles. The number of hydrazone groups is 1. The predicted molar refractivity (Wildman–Crippen MR) is 181 cm³/mol. The number of hydrogen-bond acceptors (Lipinski definition) is 7. The molecule has 0 aliphatic carbocycles. The Labute approximate surface area is 270 Å². The summed E-state index contributed by atoms with van der Waals surface area (Å²) in [5.41, 5.74) is 20.6. The van der Waals surface area contributed by atoms with E-state index in [0.717, 1.165) is 59.3 Å². The van der Waals surface area contributed by atoms with E-state index in [1.54, 1.807) is 0 Å². The molecule has 3 rings (SSSR count). The lowest BCUT2D eigenvalue weighted by molar-refractivity contribution is -0.480. The number of hydrogen-bond donors (Lipinski definition) is 5. The first-order chi connectivity index (χ1) is 22.1. The smallest absolute Gasteiger partial charge is 0.260 e. The van der Waals surface area contributed by atoms with Crippen LogP contribution < -0.4 is 22.5 Å². The van der Waals surface area contributed by atoms with E-state index in [1.165, 1.54) is 0 Å². The minimum Gasteiger partial charge on any atom is -0.369 e. The van der Waals surface area contributed by atoms with Gasteiger partial charge in [-0.05, 0) is 56.5 Å². The number of nitrogens with two attached hydrogens (primary N) is 3. The summed E-state index contributed by atoms with van der Waals surface area (Å²) < 4.78 is 0. The van der Waals surface area contributed by atoms with Crippen LogP contribution in [0.25, 0.3) is 10.9 Å². The Bertz CT molecular complexity index is 1420. The number of aromatic nitrogens is 1. The summed E-state index contributed by atoms with van der Waals surface area (Å²) in [5.74, 6) is -1.62. The van der Waals surface area contributed by atoms with Gasteiger partial charge in [0.25, 0.3) is 5.91 Å². The largest absolute Gasteiger partial charge is 0.369 e. The van der Waals surface area contributed by atoms with Gasteiger partial charge in [-0.3, -0.25) is 19.7 Å². The summed E-state index contributed by atoms with van der Waals surface area (Å²) >= 11 is 0. The molecular weight excluding hydrogens is 586 g/mol. The van der Waals surface area contributed by atoms with Crippen molar-refractivity contribution >= 4 is 28.7 Å². The molecule has 0 fully saturated rings. The van der Waals surface area contributed by atoms with E-state index >= 15 is 0 Å². The van der Waals surface area contributed by atoms with Gasteiger partial charge in [0.15, 0.2) is 0 Å². The highest BCUT2D eigenvalue weighted by Gasteiger charge is 2.34. The zero-order valence-corrected chi connectivity index (χ0v) is 26.9. The Morgan fingerprint density at radius 2 is 1.74 bits per heavy atom. The summed E-state index contributed by atoms with van der Waals surface area (Å²) in [6.07, 6.45) is 7.08. The van der Waals surface area contributed by atoms with Crippen LogP contribution in [0.1, 0.15) is 56.6 Å². The number of nitrogens with zero attached hydrogens (tertiary/aromatic N) is 4. The standard InChI is InChI=1S/C33H49N9O4/c1-3-4-5-11-18-40(2)23-26(21-25-22-37-29-16-10-9-15-27(25)29)38-31(43)30(17-12-19-41(45)46)42(39-33(35)36)32(44)28(34)20-24-13-7-6-8-14-24/h6-10,13-16,22,26,28,30,37H,3-5,11-12,17-21,23,34H2,1-2H3,(H,38,43)(H4,35,36,39). The molecule has 0 aliphatic heterocycles. The van der Waals surface area contributed by atoms with Gasteiger partial charge < -0.3 is 32.4 Å². The molecule has 46 heavy (non-hydrogen) atoms. The van der Waals surface area contributed by atoms with E-state index in [2.05, 4.69) is 27.2 Å². The third-order valence-corrected chi connectivity index (χ3v) is 7.89. The molecule has 0 saturated heterocycles. The third-order valence-electron chi connectivity index (χ3n) is 7.89. The van der Waals surface area contributed by atoms with Crippen molar-refractivity contribution in [3.63, 3.8) is 0 Å². The molecule has 3 aromatic rings. The second-order valence-electron chi connectivity index (χ2n) is 11.8. The fraction of sp³-hybridized carbons (Fsp3) is 0.485. The van der Waals surface area contributed by atoms with Gasteiger partial charge in [0, 0.05) is 41.0 Å². The van der Waals surface area contributed by atoms with Crippen molar-refractivity contribution in [3.8, 4) is 0 Å². The van der Waals surface area contributed by atoms with Crippen LogP contribution in [-0.2, 0) is 22.4 Å². The number of fused-ring (bicyclic) bond motifs is 1. The Morgan fingerprint density at radius 3 is 2.43 bits per heavy atom. The lowest BCUT2D eigenvalue weighted by atomic mass is 10.0. The quantitative estimate of drug-likeness (QED) is 0.0410. The Kier molecular flexibility index (Phi) is 14.4. The third kappa shape index (κ3) is 11.5. The first-order valence-electron chi connectivity index (χ1n) is 16.0. The number of rotatable bonds is 20. The van der Waals surface area contributed by atoms with E-state index in [9.17, 15) is 19.7 Å². The van der Waals surface area contributed by atoms with Crippen LogP contribution in [0.15, 0.2) is 65.9 Å². The van der Waals surface area contributed by atoms with Crippen molar-refractivity contribution in [2.24, 2.45) is 22.3 Å². The van der Waals surface area contributed by atoms with Gasteiger partial charge >= 0.3 is 0 Å². The molecule has 0 spiro atoms. The number of carbonyl (C=O) groups is 2. The molecule has 0 bridgehead atoms. The SMILES string of the molecule is CCCCCCN(C)CC(Cc1c[nH]c2ccccc12)NC(=O)C(CCC[N+](=O)[O-])N(N=C(N)N)C(=O)C(N)Cc1ccccc1. The lowest BCUT2D eigenvalue weighted by Gasteiger charge is -2.31.